The van der Waals surface area contributed by atoms with Crippen molar-refractivity contribution in [3.63, 3.8) is 0 Å². The predicted octanol–water partition coefficient (Wildman–Crippen LogP) is 5.72. The number of nitrogens with one attached hydrogen (secondary N) is 3. The minimum atomic E-state index is -0.617. The van der Waals surface area contributed by atoms with E-state index in [2.05, 4.69) is 51.4 Å². The lowest BCUT2D eigenvalue weighted by Crippen LogP contribution is -2.29. The molecule has 0 aliphatic carbocycles. The zero-order chi connectivity index (χ0) is 44.1. The molecule has 0 radical (unpaired) electrons. The topological polar surface area (TPSA) is 204 Å². The molecule has 4 heterocycles. The molecule has 0 bridgehead atoms. The predicted molar refractivity (Wildman–Crippen MR) is 237 cm³/mol. The van der Waals surface area contributed by atoms with E-state index in [1.54, 1.807) is 76.7 Å². The van der Waals surface area contributed by atoms with Gasteiger partial charge in [0.05, 0.1) is 44.0 Å². The smallest absolute Gasteiger partial charge is 0.358 e. The van der Waals surface area contributed by atoms with Gasteiger partial charge in [0.1, 0.15) is 0 Å². The summed E-state index contributed by atoms with van der Waals surface area (Å²) in [6.07, 6.45) is 10.7. The quantitative estimate of drug-likeness (QED) is 0.0889. The summed E-state index contributed by atoms with van der Waals surface area (Å²) in [5.74, 6) is -1.58. The number of ether oxygens (including phenoxy) is 1. The standard InChI is InChI=1S/C25H27N7O2.C21H17N5O3/c1-31(2)15-6-13-27-25(34)23-22(9-5-12-26-23)29-24(33)21-11-10-18(17-32-16-14-28-30-32)19-7-3-4-8-20(19)21;1-29-21(28)19-18(7-4-10-22-19)24-20(27)17-9-8-14(13-26-12-11-23-25-26)15-5-2-3-6-16(15)17/h3-5,7-12,14,16H,6,13,15,17H2,1-2H3,(H,27,34)(H,29,33);2-12H,13H2,1H3,(H,24,27). The van der Waals surface area contributed by atoms with E-state index in [0.29, 0.717) is 42.1 Å². The van der Waals surface area contributed by atoms with Crippen LogP contribution in [0.25, 0.3) is 21.5 Å². The van der Waals surface area contributed by atoms with Crippen LogP contribution in [0.15, 0.2) is 134 Å². The van der Waals surface area contributed by atoms with E-state index in [1.807, 2.05) is 74.8 Å². The Morgan fingerprint density at radius 1 is 0.587 bits per heavy atom. The summed E-state index contributed by atoms with van der Waals surface area (Å²) in [6, 6.07) is 29.4. The van der Waals surface area contributed by atoms with Crippen LogP contribution in [0.2, 0.25) is 0 Å². The van der Waals surface area contributed by atoms with Crippen molar-refractivity contribution in [1.82, 2.24) is 50.2 Å². The third kappa shape index (κ3) is 10.6. The van der Waals surface area contributed by atoms with Crippen molar-refractivity contribution in [1.29, 1.82) is 0 Å². The van der Waals surface area contributed by atoms with Crippen LogP contribution in [0.5, 0.6) is 0 Å². The van der Waals surface area contributed by atoms with Crippen molar-refractivity contribution in [2.75, 3.05) is 44.9 Å². The molecular weight excluding hydrogens is 801 g/mol. The number of fused-ring (bicyclic) bond motifs is 2. The molecule has 4 aromatic carbocycles. The van der Waals surface area contributed by atoms with Gasteiger partial charge in [-0.2, -0.15) is 0 Å². The number of carbonyl (C=O) groups is 4. The largest absolute Gasteiger partial charge is 0.464 e. The van der Waals surface area contributed by atoms with Crippen molar-refractivity contribution < 1.29 is 23.9 Å². The number of hydrogen-bond acceptors (Lipinski definition) is 12. The first-order valence-electron chi connectivity index (χ1n) is 19.9. The average Bonchev–Trinajstić information content (AvgIpc) is 4.03. The molecule has 0 aliphatic heterocycles. The van der Waals surface area contributed by atoms with Gasteiger partial charge in [-0.05, 0) is 96.1 Å². The lowest BCUT2D eigenvalue weighted by Gasteiger charge is -2.14. The molecule has 0 saturated heterocycles. The molecule has 3 amide bonds. The summed E-state index contributed by atoms with van der Waals surface area (Å²) in [4.78, 5) is 61.1. The molecule has 3 N–H and O–H groups in total. The molecule has 318 valence electrons. The minimum Gasteiger partial charge on any atom is -0.464 e. The van der Waals surface area contributed by atoms with Crippen molar-refractivity contribution >= 4 is 56.6 Å². The van der Waals surface area contributed by atoms with Crippen LogP contribution in [0.3, 0.4) is 0 Å². The van der Waals surface area contributed by atoms with E-state index in [1.165, 1.54) is 13.3 Å². The van der Waals surface area contributed by atoms with Crippen LogP contribution in [0.4, 0.5) is 11.4 Å². The Morgan fingerprint density at radius 2 is 1.08 bits per heavy atom. The van der Waals surface area contributed by atoms with Crippen LogP contribution in [-0.2, 0) is 17.8 Å². The normalized spacial score (nSPS) is 10.9. The lowest BCUT2D eigenvalue weighted by atomic mass is 9.99. The Bertz CT molecular complexity index is 2860. The number of esters is 1. The van der Waals surface area contributed by atoms with Gasteiger partial charge in [0.2, 0.25) is 0 Å². The summed E-state index contributed by atoms with van der Waals surface area (Å²) in [5.41, 5.74) is 3.94. The molecule has 8 rings (SSSR count). The maximum absolute atomic E-state index is 13.3. The number of amides is 3. The Kier molecular flexibility index (Phi) is 13.9. The third-order valence-electron chi connectivity index (χ3n) is 9.90. The molecule has 63 heavy (non-hydrogen) atoms. The second-order valence-corrected chi connectivity index (χ2v) is 14.4. The second kappa shape index (κ2) is 20.4. The molecule has 0 atom stereocenters. The number of methoxy groups -OCH3 is 1. The van der Waals surface area contributed by atoms with Gasteiger partial charge >= 0.3 is 5.97 Å². The van der Waals surface area contributed by atoms with E-state index >= 15 is 0 Å². The van der Waals surface area contributed by atoms with Gasteiger partial charge in [0.15, 0.2) is 11.4 Å². The molecule has 0 spiro atoms. The number of aromatic nitrogens is 8. The first-order chi connectivity index (χ1) is 30.7. The van der Waals surface area contributed by atoms with Crippen LogP contribution in [0.1, 0.15) is 59.2 Å². The summed E-state index contributed by atoms with van der Waals surface area (Å²) in [5, 5.41) is 27.7. The monoisotopic (exact) mass is 844 g/mol. The van der Waals surface area contributed by atoms with Gasteiger partial charge in [-0.3, -0.25) is 14.4 Å². The molecular formula is C46H44N12O5. The highest BCUT2D eigenvalue weighted by Crippen LogP contribution is 2.27. The zero-order valence-corrected chi connectivity index (χ0v) is 34.8. The Balaban J connectivity index is 0.000000191. The van der Waals surface area contributed by atoms with E-state index < -0.39 is 5.97 Å². The molecule has 8 aromatic rings. The van der Waals surface area contributed by atoms with Gasteiger partial charge < -0.3 is 25.6 Å². The van der Waals surface area contributed by atoms with E-state index in [0.717, 1.165) is 45.6 Å². The number of nitrogens with zero attached hydrogens (tertiary/aromatic N) is 9. The number of rotatable bonds is 14. The summed E-state index contributed by atoms with van der Waals surface area (Å²) in [6.45, 7) is 2.48. The fourth-order valence-electron chi connectivity index (χ4n) is 6.89. The highest BCUT2D eigenvalue weighted by atomic mass is 16.5. The molecule has 0 unspecified atom stereocenters. The van der Waals surface area contributed by atoms with Gasteiger partial charge in [-0.15, -0.1) is 10.2 Å². The number of hydrogen-bond donors (Lipinski definition) is 3. The first-order valence-corrected chi connectivity index (χ1v) is 19.9. The Labute approximate surface area is 362 Å². The third-order valence-corrected chi connectivity index (χ3v) is 9.90. The fraction of sp³-hybridized carbons (Fsp3) is 0.174. The van der Waals surface area contributed by atoms with Crippen LogP contribution in [-0.4, -0.2) is 103 Å². The zero-order valence-electron chi connectivity index (χ0n) is 34.8. The fourth-order valence-corrected chi connectivity index (χ4v) is 6.89. The summed E-state index contributed by atoms with van der Waals surface area (Å²) < 4.78 is 8.19. The number of anilines is 2. The van der Waals surface area contributed by atoms with Crippen molar-refractivity contribution in [3.05, 3.63) is 168 Å². The van der Waals surface area contributed by atoms with E-state index in [9.17, 15) is 19.2 Å². The maximum Gasteiger partial charge on any atom is 0.358 e. The van der Waals surface area contributed by atoms with E-state index in [4.69, 9.17) is 4.74 Å². The van der Waals surface area contributed by atoms with Crippen molar-refractivity contribution in [2.45, 2.75) is 19.5 Å². The van der Waals surface area contributed by atoms with Crippen molar-refractivity contribution in [3.8, 4) is 0 Å². The lowest BCUT2D eigenvalue weighted by molar-refractivity contribution is 0.0595. The SMILES string of the molecule is CN(C)CCCNC(=O)c1ncccc1NC(=O)c1ccc(Cn2ccnn2)c2ccccc12.COC(=O)c1ncccc1NC(=O)c1ccc(Cn2ccnn2)c2ccccc12. The first kappa shape index (κ1) is 42.9. The molecule has 0 fully saturated rings. The number of carbonyl (C=O) groups excluding carboxylic acids is 4. The summed E-state index contributed by atoms with van der Waals surface area (Å²) >= 11 is 0. The van der Waals surface area contributed by atoms with Crippen LogP contribution >= 0.6 is 0 Å². The van der Waals surface area contributed by atoms with Gasteiger partial charge in [0, 0.05) is 42.5 Å². The molecule has 17 heteroatoms. The number of benzene rings is 4. The molecule has 0 aliphatic rings. The molecule has 4 aromatic heterocycles. The van der Waals surface area contributed by atoms with Crippen LogP contribution in [0, 0.1) is 0 Å². The summed E-state index contributed by atoms with van der Waals surface area (Å²) in [7, 11) is 5.24. The highest BCUT2D eigenvalue weighted by molar-refractivity contribution is 6.16. The molecule has 17 nitrogen and oxygen atoms in total. The second-order valence-electron chi connectivity index (χ2n) is 14.4. The van der Waals surface area contributed by atoms with Gasteiger partial charge in [-0.25, -0.2) is 24.1 Å². The Morgan fingerprint density at radius 3 is 1.56 bits per heavy atom. The van der Waals surface area contributed by atoms with Gasteiger partial charge in [-0.1, -0.05) is 71.1 Å². The van der Waals surface area contributed by atoms with Crippen molar-refractivity contribution in [2.24, 2.45) is 0 Å². The molecule has 0 saturated carbocycles. The minimum absolute atomic E-state index is 0.0513. The van der Waals surface area contributed by atoms with Crippen LogP contribution < -0.4 is 16.0 Å². The maximum atomic E-state index is 13.3. The Hall–Kier alpha value is -8.18. The average molecular weight is 845 g/mol. The van der Waals surface area contributed by atoms with Gasteiger partial charge in [0.25, 0.3) is 17.7 Å². The number of pyridine rings is 2. The van der Waals surface area contributed by atoms with E-state index in [-0.39, 0.29) is 29.1 Å². The highest BCUT2D eigenvalue weighted by Gasteiger charge is 2.20.